The van der Waals surface area contributed by atoms with Crippen molar-refractivity contribution in [2.75, 3.05) is 12.7 Å². The van der Waals surface area contributed by atoms with E-state index in [1.807, 2.05) is 0 Å². The Bertz CT molecular complexity index is 472. The van der Waals surface area contributed by atoms with Gasteiger partial charge >= 0.3 is 19.2 Å². The van der Waals surface area contributed by atoms with Gasteiger partial charge in [-0.05, 0) is 37.1 Å². The zero-order valence-electron chi connectivity index (χ0n) is 11.0. The Morgan fingerprint density at radius 2 is 1.75 bits per heavy atom. The van der Waals surface area contributed by atoms with E-state index in [0.717, 1.165) is 5.56 Å². The van der Waals surface area contributed by atoms with Gasteiger partial charge in [-0.15, -0.1) is 0 Å². The summed E-state index contributed by atoms with van der Waals surface area (Å²) >= 11 is 0. The van der Waals surface area contributed by atoms with Crippen molar-refractivity contribution in [2.45, 2.75) is 19.3 Å². The molecule has 0 radical (unpaired) electrons. The van der Waals surface area contributed by atoms with Crippen LogP contribution < -0.4 is 5.73 Å². The molecule has 20 heavy (non-hydrogen) atoms. The first-order chi connectivity index (χ1) is 9.36. The quantitative estimate of drug-likeness (QED) is 0.532. The highest BCUT2D eigenvalue weighted by Crippen LogP contribution is 2.53. The number of carboxylic acid groups (broad SMARTS) is 1. The molecule has 0 bridgehead atoms. The summed E-state index contributed by atoms with van der Waals surface area (Å²) in [4.78, 5) is 42.0. The van der Waals surface area contributed by atoms with E-state index < -0.39 is 19.2 Å². The summed E-state index contributed by atoms with van der Waals surface area (Å²) in [6.45, 7) is 0.296. The van der Waals surface area contributed by atoms with Gasteiger partial charge in [0.25, 0.3) is 0 Å². The molecular formula is C13H19NO5P+. The van der Waals surface area contributed by atoms with Gasteiger partial charge < -0.3 is 10.8 Å². The second kappa shape index (κ2) is 7.45. The lowest BCUT2D eigenvalue weighted by molar-refractivity contribution is -0.136. The number of hydrogen-bond donors (Lipinski definition) is 4. The van der Waals surface area contributed by atoms with E-state index in [0.29, 0.717) is 19.4 Å². The zero-order chi connectivity index (χ0) is 15.2. The number of carboxylic acids is 1. The third-order valence-corrected chi connectivity index (χ3v) is 4.68. The van der Waals surface area contributed by atoms with Crippen LogP contribution in [0.15, 0.2) is 24.3 Å². The number of aliphatic carboxylic acids is 1. The minimum Gasteiger partial charge on any atom is -0.481 e. The first kappa shape index (κ1) is 16.7. The predicted octanol–water partition coefficient (Wildman–Crippen LogP) is 1.03. The molecule has 0 saturated heterocycles. The van der Waals surface area contributed by atoms with Crippen LogP contribution in [0.5, 0.6) is 0 Å². The fourth-order valence-corrected chi connectivity index (χ4v) is 3.07. The summed E-state index contributed by atoms with van der Waals surface area (Å²) in [5.74, 6) is -0.886. The van der Waals surface area contributed by atoms with E-state index in [4.69, 9.17) is 10.8 Å². The number of benzene rings is 1. The second-order valence-corrected chi connectivity index (χ2v) is 6.81. The van der Waals surface area contributed by atoms with Crippen LogP contribution in [-0.2, 0) is 11.2 Å². The molecule has 0 spiro atoms. The van der Waals surface area contributed by atoms with E-state index >= 15 is 0 Å². The molecule has 0 aromatic heterocycles. The molecule has 0 atom stereocenters. The number of carbonyl (C=O) groups excluding carboxylic acids is 1. The normalized spacial score (nSPS) is 11.3. The molecule has 1 rings (SSSR count). The summed E-state index contributed by atoms with van der Waals surface area (Å²) in [6.07, 6.45) is 0.753. The first-order valence-electron chi connectivity index (χ1n) is 6.26. The highest BCUT2D eigenvalue weighted by molar-refractivity contribution is 7.81. The van der Waals surface area contributed by atoms with Crippen LogP contribution in [0, 0.1) is 0 Å². The standard InChI is InChI=1S/C13H18NO5P/c14-8-1-9-20(18,19)13(17)11-5-2-10(3-6-11)4-7-12(15)16/h2-3,5-6,18-19H,1,4,7-9,14H2/p+1. The molecular weight excluding hydrogens is 281 g/mol. The van der Waals surface area contributed by atoms with Gasteiger partial charge in [-0.1, -0.05) is 12.1 Å². The molecule has 0 aliphatic carbocycles. The van der Waals surface area contributed by atoms with Crippen LogP contribution >= 0.6 is 7.72 Å². The summed E-state index contributed by atoms with van der Waals surface area (Å²) in [5.41, 5.74) is 5.62. The number of nitrogens with two attached hydrogens (primary N) is 1. The van der Waals surface area contributed by atoms with Crippen LogP contribution in [0.3, 0.4) is 0 Å². The third kappa shape index (κ3) is 4.98. The minimum atomic E-state index is -3.63. The van der Waals surface area contributed by atoms with E-state index in [1.54, 1.807) is 12.1 Å². The summed E-state index contributed by atoms with van der Waals surface area (Å²) in [6, 6.07) is 6.23. The van der Waals surface area contributed by atoms with Gasteiger partial charge in [-0.25, -0.2) is 14.6 Å². The molecule has 110 valence electrons. The molecule has 0 saturated carbocycles. The van der Waals surface area contributed by atoms with Crippen LogP contribution in [0.25, 0.3) is 0 Å². The Morgan fingerprint density at radius 3 is 2.25 bits per heavy atom. The summed E-state index contributed by atoms with van der Waals surface area (Å²) in [7, 11) is -3.63. The van der Waals surface area contributed by atoms with Gasteiger partial charge in [0.05, 0.1) is 5.56 Å². The van der Waals surface area contributed by atoms with Crippen molar-refractivity contribution in [3.8, 4) is 0 Å². The van der Waals surface area contributed by atoms with Gasteiger partial charge in [0, 0.05) is 6.42 Å². The lowest BCUT2D eigenvalue weighted by Crippen LogP contribution is -2.13. The molecule has 0 unspecified atom stereocenters. The van der Waals surface area contributed by atoms with Crippen LogP contribution in [0.4, 0.5) is 0 Å². The van der Waals surface area contributed by atoms with Crippen molar-refractivity contribution < 1.29 is 24.5 Å². The SMILES string of the molecule is NCCC[P+](O)(O)C(=O)c1ccc(CCC(=O)O)cc1. The highest BCUT2D eigenvalue weighted by Gasteiger charge is 2.43. The van der Waals surface area contributed by atoms with Gasteiger partial charge in [-0.3, -0.25) is 4.79 Å². The molecule has 0 aliphatic heterocycles. The number of hydrogen-bond acceptors (Lipinski definition) is 5. The maximum Gasteiger partial charge on any atom is 0.356 e. The molecule has 5 N–H and O–H groups in total. The number of carbonyl (C=O) groups is 2. The molecule has 0 amide bonds. The summed E-state index contributed by atoms with van der Waals surface area (Å²) in [5, 5.41) is 8.58. The highest BCUT2D eigenvalue weighted by atomic mass is 31.2. The number of aryl methyl sites for hydroxylation is 1. The van der Waals surface area contributed by atoms with Gasteiger partial charge in [0.15, 0.2) is 0 Å². The molecule has 0 fully saturated rings. The Balaban J connectivity index is 2.72. The van der Waals surface area contributed by atoms with Crippen LogP contribution in [0.1, 0.15) is 28.8 Å². The Labute approximate surface area is 117 Å². The zero-order valence-corrected chi connectivity index (χ0v) is 11.9. The van der Waals surface area contributed by atoms with Crippen molar-refractivity contribution in [1.82, 2.24) is 0 Å². The number of rotatable bonds is 8. The topological polar surface area (TPSA) is 121 Å². The molecule has 0 heterocycles. The molecule has 0 aliphatic rings. The van der Waals surface area contributed by atoms with E-state index in [-0.39, 0.29) is 18.1 Å². The minimum absolute atomic E-state index is 0.0108. The van der Waals surface area contributed by atoms with E-state index in [9.17, 15) is 19.4 Å². The fraction of sp³-hybridized carbons (Fsp3) is 0.385. The molecule has 1 aromatic rings. The second-order valence-electron chi connectivity index (χ2n) is 4.49. The monoisotopic (exact) mass is 300 g/mol. The fourth-order valence-electron chi connectivity index (χ4n) is 1.69. The van der Waals surface area contributed by atoms with E-state index in [1.165, 1.54) is 12.1 Å². The first-order valence-corrected chi connectivity index (χ1v) is 8.14. The lowest BCUT2D eigenvalue weighted by Gasteiger charge is -2.10. The van der Waals surface area contributed by atoms with Gasteiger partial charge in [0.2, 0.25) is 0 Å². The smallest absolute Gasteiger partial charge is 0.356 e. The lowest BCUT2D eigenvalue weighted by atomic mass is 10.1. The molecule has 1 aromatic carbocycles. The maximum atomic E-state index is 12.0. The largest absolute Gasteiger partial charge is 0.481 e. The average Bonchev–Trinajstić information content (AvgIpc) is 2.42. The van der Waals surface area contributed by atoms with Crippen molar-refractivity contribution in [2.24, 2.45) is 5.73 Å². The Morgan fingerprint density at radius 1 is 1.15 bits per heavy atom. The predicted molar refractivity (Wildman–Crippen MR) is 76.6 cm³/mol. The third-order valence-electron chi connectivity index (χ3n) is 2.83. The average molecular weight is 300 g/mol. The molecule has 6 nitrogen and oxygen atoms in total. The summed E-state index contributed by atoms with van der Waals surface area (Å²) < 4.78 is 0. The van der Waals surface area contributed by atoms with Crippen molar-refractivity contribution in [3.05, 3.63) is 35.4 Å². The van der Waals surface area contributed by atoms with Crippen molar-refractivity contribution in [1.29, 1.82) is 0 Å². The Kier molecular flexibility index (Phi) is 6.23. The van der Waals surface area contributed by atoms with Gasteiger partial charge in [0.1, 0.15) is 6.16 Å². The van der Waals surface area contributed by atoms with Crippen LogP contribution in [-0.4, -0.2) is 39.1 Å². The van der Waals surface area contributed by atoms with Crippen molar-refractivity contribution >= 4 is 19.2 Å². The van der Waals surface area contributed by atoms with Gasteiger partial charge in [-0.2, -0.15) is 0 Å². The van der Waals surface area contributed by atoms with Crippen LogP contribution in [0.2, 0.25) is 0 Å². The molecule has 7 heteroatoms. The maximum absolute atomic E-state index is 12.0. The van der Waals surface area contributed by atoms with E-state index in [2.05, 4.69) is 0 Å². The van der Waals surface area contributed by atoms with Crippen molar-refractivity contribution in [3.63, 3.8) is 0 Å². The Hall–Kier alpha value is -1.33.